The number of hydrogen-bond acceptors (Lipinski definition) is 4. The summed E-state index contributed by atoms with van der Waals surface area (Å²) in [7, 11) is 0. The van der Waals surface area contributed by atoms with Crippen LogP contribution in [0.4, 0.5) is 5.69 Å². The third kappa shape index (κ3) is 3.62. The summed E-state index contributed by atoms with van der Waals surface area (Å²) < 4.78 is 5.42. The van der Waals surface area contributed by atoms with Gasteiger partial charge in [-0.3, -0.25) is 4.79 Å². The van der Waals surface area contributed by atoms with E-state index in [1.807, 2.05) is 45.9 Å². The van der Waals surface area contributed by atoms with Crippen molar-refractivity contribution in [2.45, 2.75) is 33.7 Å². The van der Waals surface area contributed by atoms with E-state index in [4.69, 9.17) is 4.42 Å². The fraction of sp³-hybridized carbons (Fsp3) is 0.375. The molecule has 0 bridgehead atoms. The first-order valence-electron chi connectivity index (χ1n) is 7.09. The molecule has 0 aliphatic carbocycles. The number of benzene rings is 1. The van der Waals surface area contributed by atoms with Gasteiger partial charge in [0.15, 0.2) is 0 Å². The van der Waals surface area contributed by atoms with Crippen molar-refractivity contribution in [3.63, 3.8) is 0 Å². The van der Waals surface area contributed by atoms with Gasteiger partial charge in [-0.1, -0.05) is 0 Å². The summed E-state index contributed by atoms with van der Waals surface area (Å²) >= 11 is 0. The molecule has 1 amide bonds. The Morgan fingerprint density at radius 2 is 2.14 bits per heavy atom. The molecule has 5 heteroatoms. The Hall–Kier alpha value is -2.30. The highest BCUT2D eigenvalue weighted by molar-refractivity contribution is 5.95. The average Bonchev–Trinajstić information content (AvgIpc) is 2.88. The molecular weight excluding hydrogens is 266 g/mol. The molecule has 1 heterocycles. The first-order chi connectivity index (χ1) is 10.0. The molecule has 0 radical (unpaired) electrons. The fourth-order valence-electron chi connectivity index (χ4n) is 2.11. The number of rotatable bonds is 5. The topological polar surface area (TPSA) is 67.2 Å². The molecule has 2 N–H and O–H groups in total. The van der Waals surface area contributed by atoms with Gasteiger partial charge in [0.1, 0.15) is 11.8 Å². The van der Waals surface area contributed by atoms with E-state index in [0.29, 0.717) is 11.5 Å². The zero-order valence-corrected chi connectivity index (χ0v) is 12.9. The van der Waals surface area contributed by atoms with Crippen molar-refractivity contribution in [2.24, 2.45) is 0 Å². The van der Waals surface area contributed by atoms with Crippen molar-refractivity contribution >= 4 is 11.6 Å². The van der Waals surface area contributed by atoms with Gasteiger partial charge in [-0.25, -0.2) is 4.98 Å². The maximum atomic E-state index is 12.3. The van der Waals surface area contributed by atoms with Crippen molar-refractivity contribution in [1.29, 1.82) is 0 Å². The third-order valence-corrected chi connectivity index (χ3v) is 3.21. The Labute approximate surface area is 124 Å². The van der Waals surface area contributed by atoms with Gasteiger partial charge >= 0.3 is 0 Å². The van der Waals surface area contributed by atoms with Crippen LogP contribution in [0.15, 0.2) is 28.8 Å². The molecular formula is C16H21N3O2. The van der Waals surface area contributed by atoms with Gasteiger partial charge in [0, 0.05) is 17.8 Å². The molecule has 0 aliphatic rings. The minimum Gasteiger partial charge on any atom is -0.444 e. The lowest BCUT2D eigenvalue weighted by Gasteiger charge is -2.12. The molecule has 1 aromatic heterocycles. The first kappa shape index (κ1) is 15.1. The summed E-state index contributed by atoms with van der Waals surface area (Å²) in [6.07, 6.45) is 1.65. The van der Waals surface area contributed by atoms with E-state index < -0.39 is 0 Å². The third-order valence-electron chi connectivity index (χ3n) is 3.21. The van der Waals surface area contributed by atoms with Crippen LogP contribution in [0.5, 0.6) is 0 Å². The Morgan fingerprint density at radius 1 is 1.38 bits per heavy atom. The monoisotopic (exact) mass is 287 g/mol. The van der Waals surface area contributed by atoms with E-state index in [9.17, 15) is 4.79 Å². The summed E-state index contributed by atoms with van der Waals surface area (Å²) in [4.78, 5) is 16.4. The van der Waals surface area contributed by atoms with Crippen molar-refractivity contribution in [2.75, 3.05) is 11.9 Å². The van der Waals surface area contributed by atoms with Crippen molar-refractivity contribution < 1.29 is 9.21 Å². The van der Waals surface area contributed by atoms with Crippen LogP contribution in [0.3, 0.4) is 0 Å². The predicted octanol–water partition coefficient (Wildman–Crippen LogP) is 3.21. The zero-order chi connectivity index (χ0) is 15.4. The number of carbonyl (C=O) groups excluding carboxylic acids is 1. The maximum Gasteiger partial charge on any atom is 0.251 e. The van der Waals surface area contributed by atoms with E-state index in [-0.39, 0.29) is 11.9 Å². The van der Waals surface area contributed by atoms with E-state index in [0.717, 1.165) is 23.6 Å². The Balaban J connectivity index is 2.08. The lowest BCUT2D eigenvalue weighted by Crippen LogP contribution is -2.26. The van der Waals surface area contributed by atoms with Gasteiger partial charge in [-0.2, -0.15) is 0 Å². The number of aryl methyl sites for hydroxylation is 2. The molecule has 5 nitrogen and oxygen atoms in total. The Morgan fingerprint density at radius 3 is 2.71 bits per heavy atom. The SMILES string of the molecule is CCNc1ccc(C(=O)NC(C)c2ncc(C)o2)cc1C. The minimum absolute atomic E-state index is 0.135. The maximum absolute atomic E-state index is 12.3. The average molecular weight is 287 g/mol. The summed E-state index contributed by atoms with van der Waals surface area (Å²) in [6.45, 7) is 8.56. The van der Waals surface area contributed by atoms with Gasteiger partial charge in [0.2, 0.25) is 5.89 Å². The van der Waals surface area contributed by atoms with E-state index in [2.05, 4.69) is 15.6 Å². The fourth-order valence-corrected chi connectivity index (χ4v) is 2.11. The Bertz CT molecular complexity index is 634. The number of nitrogens with zero attached hydrogens (tertiary/aromatic N) is 1. The van der Waals surface area contributed by atoms with Crippen LogP contribution in [0.1, 0.15) is 47.5 Å². The molecule has 2 rings (SSSR count). The van der Waals surface area contributed by atoms with Gasteiger partial charge in [-0.15, -0.1) is 0 Å². The molecule has 1 atom stereocenters. The van der Waals surface area contributed by atoms with Gasteiger partial charge < -0.3 is 15.1 Å². The molecule has 1 aromatic carbocycles. The second-order valence-corrected chi connectivity index (χ2v) is 5.06. The molecule has 112 valence electrons. The molecule has 2 aromatic rings. The van der Waals surface area contributed by atoms with Crippen LogP contribution in [0.25, 0.3) is 0 Å². The number of anilines is 1. The van der Waals surface area contributed by atoms with Crippen LogP contribution >= 0.6 is 0 Å². The van der Waals surface area contributed by atoms with Crippen molar-refractivity contribution in [1.82, 2.24) is 10.3 Å². The summed E-state index contributed by atoms with van der Waals surface area (Å²) in [5.74, 6) is 1.11. The normalized spacial score (nSPS) is 12.0. The molecule has 0 spiro atoms. The lowest BCUT2D eigenvalue weighted by atomic mass is 10.1. The highest BCUT2D eigenvalue weighted by Gasteiger charge is 2.16. The predicted molar refractivity (Wildman–Crippen MR) is 82.5 cm³/mol. The van der Waals surface area contributed by atoms with Crippen LogP contribution in [0.2, 0.25) is 0 Å². The number of aromatic nitrogens is 1. The van der Waals surface area contributed by atoms with Crippen molar-refractivity contribution in [3.05, 3.63) is 47.2 Å². The summed E-state index contributed by atoms with van der Waals surface area (Å²) in [6, 6.07) is 5.35. The van der Waals surface area contributed by atoms with Gasteiger partial charge in [-0.05, 0) is 51.5 Å². The first-order valence-corrected chi connectivity index (χ1v) is 7.09. The number of amides is 1. The summed E-state index contributed by atoms with van der Waals surface area (Å²) in [5.41, 5.74) is 2.72. The molecule has 21 heavy (non-hydrogen) atoms. The van der Waals surface area contributed by atoms with Crippen molar-refractivity contribution in [3.8, 4) is 0 Å². The van der Waals surface area contributed by atoms with Crippen LogP contribution < -0.4 is 10.6 Å². The summed E-state index contributed by atoms with van der Waals surface area (Å²) in [5, 5.41) is 6.14. The van der Waals surface area contributed by atoms with E-state index >= 15 is 0 Å². The lowest BCUT2D eigenvalue weighted by molar-refractivity contribution is 0.0934. The number of nitrogens with one attached hydrogen (secondary N) is 2. The standard InChI is InChI=1S/C16H21N3O2/c1-5-17-14-7-6-13(8-10(14)2)15(20)19-12(4)16-18-9-11(3)21-16/h6-9,12,17H,5H2,1-4H3,(H,19,20). The highest BCUT2D eigenvalue weighted by Crippen LogP contribution is 2.18. The number of carbonyl (C=O) groups is 1. The molecule has 0 saturated heterocycles. The molecule has 0 aliphatic heterocycles. The number of hydrogen-bond donors (Lipinski definition) is 2. The molecule has 0 fully saturated rings. The second-order valence-electron chi connectivity index (χ2n) is 5.06. The minimum atomic E-state index is -0.264. The quantitative estimate of drug-likeness (QED) is 0.886. The largest absolute Gasteiger partial charge is 0.444 e. The van der Waals surface area contributed by atoms with E-state index in [1.54, 1.807) is 6.20 Å². The van der Waals surface area contributed by atoms with Gasteiger partial charge in [0.05, 0.1) is 6.20 Å². The van der Waals surface area contributed by atoms with E-state index in [1.165, 1.54) is 0 Å². The number of oxazole rings is 1. The highest BCUT2D eigenvalue weighted by atomic mass is 16.4. The van der Waals surface area contributed by atoms with Gasteiger partial charge in [0.25, 0.3) is 5.91 Å². The Kier molecular flexibility index (Phi) is 4.62. The smallest absolute Gasteiger partial charge is 0.251 e. The molecule has 1 unspecified atom stereocenters. The second kappa shape index (κ2) is 6.43. The van der Waals surface area contributed by atoms with Crippen LogP contribution in [0, 0.1) is 13.8 Å². The van der Waals surface area contributed by atoms with Crippen LogP contribution in [-0.4, -0.2) is 17.4 Å². The molecule has 0 saturated carbocycles. The van der Waals surface area contributed by atoms with Crippen LogP contribution in [-0.2, 0) is 0 Å². The zero-order valence-electron chi connectivity index (χ0n) is 12.9.